The van der Waals surface area contributed by atoms with Gasteiger partial charge in [-0.05, 0) is 18.3 Å². The van der Waals surface area contributed by atoms with Gasteiger partial charge >= 0.3 is 0 Å². The van der Waals surface area contributed by atoms with Crippen LogP contribution in [0.2, 0.25) is 0 Å². The number of carbonyl (C=O) groups is 1. The van der Waals surface area contributed by atoms with E-state index in [1.54, 1.807) is 0 Å². The van der Waals surface area contributed by atoms with Crippen molar-refractivity contribution >= 4 is 5.78 Å². The molecular weight excluding hydrogens is 124 g/mol. The molecule has 0 aromatic heterocycles. The van der Waals surface area contributed by atoms with Crippen molar-refractivity contribution in [2.45, 2.75) is 40.0 Å². The number of hydrogen-bond acceptors (Lipinski definition) is 1. The fourth-order valence-corrected chi connectivity index (χ4v) is 1.73. The third kappa shape index (κ3) is 1.39. The van der Waals surface area contributed by atoms with Crippen LogP contribution in [0.25, 0.3) is 0 Å². The van der Waals surface area contributed by atoms with Gasteiger partial charge in [-0.2, -0.15) is 0 Å². The van der Waals surface area contributed by atoms with Crippen molar-refractivity contribution in [3.63, 3.8) is 0 Å². The Morgan fingerprint density at radius 3 is 2.20 bits per heavy atom. The predicted molar refractivity (Wildman–Crippen MR) is 41.8 cm³/mol. The first-order valence-corrected chi connectivity index (χ1v) is 4.04. The average molecular weight is 140 g/mol. The lowest BCUT2D eigenvalue weighted by atomic mass is 9.79. The van der Waals surface area contributed by atoms with E-state index in [0.29, 0.717) is 11.7 Å². The maximum Gasteiger partial charge on any atom is 0.136 e. The highest BCUT2D eigenvalue weighted by atomic mass is 16.1. The molecule has 0 unspecified atom stereocenters. The van der Waals surface area contributed by atoms with E-state index >= 15 is 0 Å². The van der Waals surface area contributed by atoms with E-state index in [1.165, 1.54) is 0 Å². The first kappa shape index (κ1) is 7.77. The fourth-order valence-electron chi connectivity index (χ4n) is 1.73. The van der Waals surface area contributed by atoms with Gasteiger partial charge in [-0.25, -0.2) is 0 Å². The lowest BCUT2D eigenvalue weighted by molar-refractivity contribution is -0.123. The smallest absolute Gasteiger partial charge is 0.136 e. The van der Waals surface area contributed by atoms with Crippen molar-refractivity contribution in [3.8, 4) is 0 Å². The van der Waals surface area contributed by atoms with Gasteiger partial charge in [0.05, 0.1) is 0 Å². The van der Waals surface area contributed by atoms with Crippen molar-refractivity contribution < 1.29 is 4.79 Å². The van der Waals surface area contributed by atoms with Gasteiger partial charge in [0.2, 0.25) is 0 Å². The average Bonchev–Trinajstić information content (AvgIpc) is 2.11. The summed E-state index contributed by atoms with van der Waals surface area (Å²) in [7, 11) is 0. The molecule has 0 radical (unpaired) electrons. The van der Waals surface area contributed by atoms with Crippen molar-refractivity contribution in [2.75, 3.05) is 0 Å². The maximum atomic E-state index is 11.2. The van der Waals surface area contributed by atoms with E-state index in [0.717, 1.165) is 19.3 Å². The molecular formula is C9H16O. The number of carbonyl (C=O) groups excluding carboxylic acids is 1. The van der Waals surface area contributed by atoms with E-state index in [2.05, 4.69) is 20.8 Å². The van der Waals surface area contributed by atoms with Gasteiger partial charge in [-0.3, -0.25) is 4.79 Å². The Labute approximate surface area is 62.8 Å². The molecule has 0 spiro atoms. The van der Waals surface area contributed by atoms with Crippen LogP contribution in [0.5, 0.6) is 0 Å². The molecule has 1 nitrogen and oxygen atoms in total. The van der Waals surface area contributed by atoms with Crippen LogP contribution in [0.3, 0.4) is 0 Å². The highest BCUT2D eigenvalue weighted by molar-refractivity contribution is 5.83. The molecule has 58 valence electrons. The van der Waals surface area contributed by atoms with E-state index in [9.17, 15) is 4.79 Å². The first-order valence-electron chi connectivity index (χ1n) is 4.04. The standard InChI is InChI=1S/C9H16O/c1-9(2,3)7-5-4-6-8(7)10/h7H,4-6H2,1-3H3/t7-/m0/s1. The number of ketones is 1. The molecule has 1 saturated carbocycles. The molecule has 1 aliphatic carbocycles. The molecule has 0 N–H and O–H groups in total. The third-order valence-electron chi connectivity index (χ3n) is 2.35. The predicted octanol–water partition coefficient (Wildman–Crippen LogP) is 2.40. The largest absolute Gasteiger partial charge is 0.299 e. The molecule has 10 heavy (non-hydrogen) atoms. The summed E-state index contributed by atoms with van der Waals surface area (Å²) in [4.78, 5) is 11.2. The maximum absolute atomic E-state index is 11.2. The third-order valence-corrected chi connectivity index (χ3v) is 2.35. The second-order valence-corrected chi connectivity index (χ2v) is 4.28. The molecule has 0 aliphatic heterocycles. The molecule has 1 atom stereocenters. The molecule has 0 aromatic rings. The quantitative estimate of drug-likeness (QED) is 0.505. The zero-order valence-electron chi connectivity index (χ0n) is 7.11. The summed E-state index contributed by atoms with van der Waals surface area (Å²) in [5.41, 5.74) is 0.202. The Bertz CT molecular complexity index is 141. The van der Waals surface area contributed by atoms with Gasteiger partial charge in [-0.1, -0.05) is 20.8 Å². The summed E-state index contributed by atoms with van der Waals surface area (Å²) in [6, 6.07) is 0. The van der Waals surface area contributed by atoms with E-state index in [1.807, 2.05) is 0 Å². The van der Waals surface area contributed by atoms with Crippen molar-refractivity contribution in [1.29, 1.82) is 0 Å². The monoisotopic (exact) mass is 140 g/mol. The van der Waals surface area contributed by atoms with Crippen molar-refractivity contribution in [3.05, 3.63) is 0 Å². The van der Waals surface area contributed by atoms with E-state index < -0.39 is 0 Å². The second kappa shape index (κ2) is 2.37. The molecule has 0 saturated heterocycles. The minimum Gasteiger partial charge on any atom is -0.299 e. The number of Topliss-reactive ketones (excluding diaryl/α,β-unsaturated/α-hetero) is 1. The molecule has 1 heteroatoms. The lowest BCUT2D eigenvalue weighted by Crippen LogP contribution is -2.23. The minimum absolute atomic E-state index is 0.202. The van der Waals surface area contributed by atoms with Gasteiger partial charge in [0.25, 0.3) is 0 Å². The Balaban J connectivity index is 2.64. The topological polar surface area (TPSA) is 17.1 Å². The van der Waals surface area contributed by atoms with Gasteiger partial charge in [0, 0.05) is 12.3 Å². The lowest BCUT2D eigenvalue weighted by Gasteiger charge is -2.24. The van der Waals surface area contributed by atoms with Crippen molar-refractivity contribution in [2.24, 2.45) is 11.3 Å². The highest BCUT2D eigenvalue weighted by Crippen LogP contribution is 2.36. The summed E-state index contributed by atoms with van der Waals surface area (Å²) >= 11 is 0. The van der Waals surface area contributed by atoms with Crippen LogP contribution in [0.1, 0.15) is 40.0 Å². The molecule has 1 fully saturated rings. The zero-order chi connectivity index (χ0) is 7.78. The normalized spacial score (nSPS) is 27.5. The Morgan fingerprint density at radius 2 is 2.00 bits per heavy atom. The van der Waals surface area contributed by atoms with Crippen LogP contribution in [-0.2, 0) is 4.79 Å². The van der Waals surface area contributed by atoms with Gasteiger partial charge < -0.3 is 0 Å². The molecule has 0 bridgehead atoms. The van der Waals surface area contributed by atoms with E-state index in [4.69, 9.17) is 0 Å². The highest BCUT2D eigenvalue weighted by Gasteiger charge is 2.34. The van der Waals surface area contributed by atoms with Gasteiger partial charge in [0.15, 0.2) is 0 Å². The Kier molecular flexibility index (Phi) is 1.84. The zero-order valence-corrected chi connectivity index (χ0v) is 7.11. The van der Waals surface area contributed by atoms with Crippen LogP contribution < -0.4 is 0 Å². The SMILES string of the molecule is CC(C)(C)[C@H]1CCCC1=O. The van der Waals surface area contributed by atoms with Crippen LogP contribution in [0, 0.1) is 11.3 Å². The van der Waals surface area contributed by atoms with Crippen LogP contribution in [-0.4, -0.2) is 5.78 Å². The van der Waals surface area contributed by atoms with Gasteiger partial charge in [-0.15, -0.1) is 0 Å². The van der Waals surface area contributed by atoms with Crippen LogP contribution >= 0.6 is 0 Å². The summed E-state index contributed by atoms with van der Waals surface area (Å²) < 4.78 is 0. The Morgan fingerprint density at radius 1 is 1.40 bits per heavy atom. The van der Waals surface area contributed by atoms with Gasteiger partial charge in [0.1, 0.15) is 5.78 Å². The minimum atomic E-state index is 0.202. The number of rotatable bonds is 0. The fraction of sp³-hybridized carbons (Fsp3) is 0.889. The summed E-state index contributed by atoms with van der Waals surface area (Å²) in [6.45, 7) is 6.46. The summed E-state index contributed by atoms with van der Waals surface area (Å²) in [5.74, 6) is 0.819. The van der Waals surface area contributed by atoms with Crippen LogP contribution in [0.4, 0.5) is 0 Å². The Hall–Kier alpha value is -0.330. The van der Waals surface area contributed by atoms with E-state index in [-0.39, 0.29) is 5.41 Å². The second-order valence-electron chi connectivity index (χ2n) is 4.28. The van der Waals surface area contributed by atoms with Crippen LogP contribution in [0.15, 0.2) is 0 Å². The summed E-state index contributed by atoms with van der Waals surface area (Å²) in [6.07, 6.45) is 3.05. The molecule has 1 rings (SSSR count). The molecule has 0 heterocycles. The molecule has 0 aromatic carbocycles. The first-order chi connectivity index (χ1) is 4.52. The molecule has 0 amide bonds. The number of hydrogen-bond donors (Lipinski definition) is 0. The molecule has 1 aliphatic rings. The van der Waals surface area contributed by atoms with Crippen molar-refractivity contribution in [1.82, 2.24) is 0 Å². The summed E-state index contributed by atoms with van der Waals surface area (Å²) in [5, 5.41) is 0.